The predicted molar refractivity (Wildman–Crippen MR) is 98.8 cm³/mol. The predicted octanol–water partition coefficient (Wildman–Crippen LogP) is 3.25. The number of carbonyl (C=O) groups excluding carboxylic acids is 3. The number of rotatable bonds is 6. The Hall–Kier alpha value is -3.21. The Labute approximate surface area is 151 Å². The van der Waals surface area contributed by atoms with Gasteiger partial charge < -0.3 is 9.64 Å². The maximum Gasteiger partial charge on any atom is 0.331 e. The van der Waals surface area contributed by atoms with Crippen LogP contribution in [0.5, 0.6) is 0 Å². The van der Waals surface area contributed by atoms with Crippen molar-refractivity contribution in [2.24, 2.45) is 0 Å². The standard InChI is InChI=1S/C21H19NO4/c23-19(15-26-21(25)13-8-16-5-2-1-3-6-16)17-9-11-18(12-10-17)22-14-4-7-20(22)24/h1-3,5-6,8-13H,4,7,14-15H2/b13-8+. The number of benzene rings is 2. The lowest BCUT2D eigenvalue weighted by Crippen LogP contribution is -2.23. The van der Waals surface area contributed by atoms with E-state index in [1.165, 1.54) is 6.08 Å². The first-order valence-corrected chi connectivity index (χ1v) is 8.47. The number of nitrogens with zero attached hydrogens (tertiary/aromatic N) is 1. The quantitative estimate of drug-likeness (QED) is 0.456. The summed E-state index contributed by atoms with van der Waals surface area (Å²) in [7, 11) is 0. The Bertz CT molecular complexity index is 825. The summed E-state index contributed by atoms with van der Waals surface area (Å²) in [4.78, 5) is 37.3. The van der Waals surface area contributed by atoms with Gasteiger partial charge in [0.25, 0.3) is 0 Å². The van der Waals surface area contributed by atoms with Crippen molar-refractivity contribution in [3.05, 3.63) is 71.8 Å². The summed E-state index contributed by atoms with van der Waals surface area (Å²) in [5.74, 6) is -0.754. The summed E-state index contributed by atoms with van der Waals surface area (Å²) in [5, 5.41) is 0. The van der Waals surface area contributed by atoms with Gasteiger partial charge in [0, 0.05) is 30.3 Å². The Balaban J connectivity index is 1.52. The van der Waals surface area contributed by atoms with Gasteiger partial charge in [0.1, 0.15) is 0 Å². The maximum absolute atomic E-state index is 12.1. The van der Waals surface area contributed by atoms with Gasteiger partial charge in [0.05, 0.1) is 0 Å². The third-order valence-corrected chi connectivity index (χ3v) is 4.13. The molecule has 0 bridgehead atoms. The molecular weight excluding hydrogens is 330 g/mol. The van der Waals surface area contributed by atoms with Gasteiger partial charge in [-0.2, -0.15) is 0 Å². The van der Waals surface area contributed by atoms with E-state index in [9.17, 15) is 14.4 Å². The fraction of sp³-hybridized carbons (Fsp3) is 0.190. The van der Waals surface area contributed by atoms with Gasteiger partial charge in [-0.3, -0.25) is 9.59 Å². The molecule has 0 N–H and O–H groups in total. The molecule has 0 atom stereocenters. The first kappa shape index (κ1) is 17.6. The van der Waals surface area contributed by atoms with Crippen LogP contribution in [-0.2, 0) is 14.3 Å². The summed E-state index contributed by atoms with van der Waals surface area (Å²) in [6.07, 6.45) is 4.35. The van der Waals surface area contributed by atoms with Crippen molar-refractivity contribution in [2.45, 2.75) is 12.8 Å². The van der Waals surface area contributed by atoms with E-state index in [-0.39, 0.29) is 18.3 Å². The monoisotopic (exact) mass is 349 g/mol. The molecule has 1 aliphatic heterocycles. The Morgan fingerprint density at radius 3 is 2.42 bits per heavy atom. The highest BCUT2D eigenvalue weighted by Gasteiger charge is 2.21. The fourth-order valence-electron chi connectivity index (χ4n) is 2.74. The molecule has 0 aliphatic carbocycles. The van der Waals surface area contributed by atoms with Crippen LogP contribution in [0.2, 0.25) is 0 Å². The SMILES string of the molecule is O=C(/C=C/c1ccccc1)OCC(=O)c1ccc(N2CCCC2=O)cc1. The van der Waals surface area contributed by atoms with Crippen molar-refractivity contribution < 1.29 is 19.1 Å². The first-order valence-electron chi connectivity index (χ1n) is 8.47. The number of Topliss-reactive ketones (excluding diaryl/α,β-unsaturated/α-hetero) is 1. The highest BCUT2D eigenvalue weighted by atomic mass is 16.5. The Morgan fingerprint density at radius 2 is 1.77 bits per heavy atom. The normalized spacial score (nSPS) is 14.0. The zero-order valence-electron chi connectivity index (χ0n) is 14.3. The summed E-state index contributed by atoms with van der Waals surface area (Å²) in [5.41, 5.74) is 2.11. The second-order valence-electron chi connectivity index (χ2n) is 5.97. The first-order chi connectivity index (χ1) is 12.6. The molecule has 1 amide bonds. The van der Waals surface area contributed by atoms with Crippen molar-refractivity contribution in [3.63, 3.8) is 0 Å². The molecule has 2 aromatic carbocycles. The Kier molecular flexibility index (Phi) is 5.59. The van der Waals surface area contributed by atoms with Crippen molar-refractivity contribution in [3.8, 4) is 0 Å². The molecule has 0 radical (unpaired) electrons. The van der Waals surface area contributed by atoms with Gasteiger partial charge in [0.2, 0.25) is 5.91 Å². The van der Waals surface area contributed by atoms with Crippen molar-refractivity contribution in [2.75, 3.05) is 18.1 Å². The summed E-state index contributed by atoms with van der Waals surface area (Å²) < 4.78 is 4.99. The molecule has 26 heavy (non-hydrogen) atoms. The van der Waals surface area contributed by atoms with Crippen molar-refractivity contribution in [1.82, 2.24) is 0 Å². The average Bonchev–Trinajstić information content (AvgIpc) is 3.11. The van der Waals surface area contributed by atoms with Gasteiger partial charge in [-0.1, -0.05) is 30.3 Å². The molecule has 0 spiro atoms. The summed E-state index contributed by atoms with van der Waals surface area (Å²) in [6, 6.07) is 16.1. The molecule has 1 saturated heterocycles. The summed E-state index contributed by atoms with van der Waals surface area (Å²) in [6.45, 7) is 0.386. The van der Waals surface area contributed by atoms with Gasteiger partial charge in [-0.25, -0.2) is 4.79 Å². The summed E-state index contributed by atoms with van der Waals surface area (Å²) >= 11 is 0. The van der Waals surface area contributed by atoms with Crippen LogP contribution >= 0.6 is 0 Å². The van der Waals surface area contributed by atoms with Crippen LogP contribution in [0.1, 0.15) is 28.8 Å². The number of ether oxygens (including phenoxy) is 1. The van der Waals surface area contributed by atoms with Crippen molar-refractivity contribution >= 4 is 29.4 Å². The fourth-order valence-corrected chi connectivity index (χ4v) is 2.74. The minimum Gasteiger partial charge on any atom is -0.454 e. The molecule has 3 rings (SSSR count). The van der Waals surface area contributed by atoms with E-state index in [0.717, 1.165) is 17.7 Å². The molecule has 5 nitrogen and oxygen atoms in total. The molecule has 1 heterocycles. The zero-order valence-corrected chi connectivity index (χ0v) is 14.3. The van der Waals surface area contributed by atoms with E-state index in [2.05, 4.69) is 0 Å². The Morgan fingerprint density at radius 1 is 1.04 bits per heavy atom. The minimum atomic E-state index is -0.568. The van der Waals surface area contributed by atoms with Gasteiger partial charge in [0.15, 0.2) is 12.4 Å². The molecule has 0 aromatic heterocycles. The maximum atomic E-state index is 12.1. The molecule has 1 aliphatic rings. The lowest BCUT2D eigenvalue weighted by molar-refractivity contribution is -0.136. The molecule has 0 saturated carbocycles. The smallest absolute Gasteiger partial charge is 0.331 e. The number of hydrogen-bond donors (Lipinski definition) is 0. The van der Waals surface area contributed by atoms with E-state index in [1.54, 1.807) is 35.2 Å². The second kappa shape index (κ2) is 8.25. The lowest BCUT2D eigenvalue weighted by Gasteiger charge is -2.15. The van der Waals surface area contributed by atoms with Crippen LogP contribution in [0.3, 0.4) is 0 Å². The van der Waals surface area contributed by atoms with Gasteiger partial charge in [-0.15, -0.1) is 0 Å². The van der Waals surface area contributed by atoms with E-state index < -0.39 is 5.97 Å². The van der Waals surface area contributed by atoms with Crippen molar-refractivity contribution in [1.29, 1.82) is 0 Å². The van der Waals surface area contributed by atoms with E-state index in [1.807, 2.05) is 30.3 Å². The molecule has 5 heteroatoms. The topological polar surface area (TPSA) is 63.7 Å². The third-order valence-electron chi connectivity index (χ3n) is 4.13. The van der Waals surface area contributed by atoms with Crippen LogP contribution in [0.25, 0.3) is 6.08 Å². The highest BCUT2D eigenvalue weighted by molar-refractivity contribution is 6.00. The number of hydrogen-bond acceptors (Lipinski definition) is 4. The molecular formula is C21H19NO4. The molecule has 2 aromatic rings. The van der Waals surface area contributed by atoms with E-state index in [0.29, 0.717) is 18.5 Å². The van der Waals surface area contributed by atoms with E-state index in [4.69, 9.17) is 4.74 Å². The van der Waals surface area contributed by atoms with Gasteiger partial charge >= 0.3 is 5.97 Å². The van der Waals surface area contributed by atoms with E-state index >= 15 is 0 Å². The van der Waals surface area contributed by atoms with Crippen LogP contribution in [0.15, 0.2) is 60.7 Å². The molecule has 132 valence electrons. The number of ketones is 1. The number of anilines is 1. The van der Waals surface area contributed by atoms with Crippen LogP contribution in [0, 0.1) is 0 Å². The zero-order chi connectivity index (χ0) is 18.4. The average molecular weight is 349 g/mol. The highest BCUT2D eigenvalue weighted by Crippen LogP contribution is 2.21. The lowest BCUT2D eigenvalue weighted by atomic mass is 10.1. The van der Waals surface area contributed by atoms with Crippen LogP contribution in [0.4, 0.5) is 5.69 Å². The second-order valence-corrected chi connectivity index (χ2v) is 5.97. The number of amides is 1. The molecule has 1 fully saturated rings. The largest absolute Gasteiger partial charge is 0.454 e. The van der Waals surface area contributed by atoms with Gasteiger partial charge in [-0.05, 0) is 42.3 Å². The van der Waals surface area contributed by atoms with Crippen LogP contribution < -0.4 is 4.90 Å². The third kappa shape index (κ3) is 4.45. The number of esters is 1. The minimum absolute atomic E-state index is 0.100. The molecule has 0 unspecified atom stereocenters. The van der Waals surface area contributed by atoms with Crippen LogP contribution in [-0.4, -0.2) is 30.8 Å². The number of carbonyl (C=O) groups is 3.